The van der Waals surface area contributed by atoms with E-state index in [0.717, 1.165) is 18.1 Å². The van der Waals surface area contributed by atoms with Gasteiger partial charge in [-0.15, -0.1) is 0 Å². The molecule has 0 atom stereocenters. The second-order valence-corrected chi connectivity index (χ2v) is 4.62. The van der Waals surface area contributed by atoms with E-state index in [1.54, 1.807) is 0 Å². The molecule has 1 fully saturated rings. The molecular formula is C9H18N2OS. The molecule has 3 nitrogen and oxygen atoms in total. The number of carbonyl (C=O) groups is 1. The Kier molecular flexibility index (Phi) is 4.59. The van der Waals surface area contributed by atoms with Crippen LogP contribution in [0.1, 0.15) is 25.7 Å². The lowest BCUT2D eigenvalue weighted by Crippen LogP contribution is -2.41. The highest BCUT2D eigenvalue weighted by molar-refractivity contribution is 7.99. The van der Waals surface area contributed by atoms with Crippen molar-refractivity contribution in [3.8, 4) is 0 Å². The highest BCUT2D eigenvalue weighted by Gasteiger charge is 2.20. The first-order chi connectivity index (χ1) is 6.26. The lowest BCUT2D eigenvalue weighted by Gasteiger charge is -2.27. The maximum atomic E-state index is 11.0. The standard InChI is InChI=1S/C9H18N2OS/c1-13-8-4-2-7(3-5-8)11-9(12)6-10/h7-8H,2-6,10H2,1H3,(H,11,12). The Bertz CT molecular complexity index is 167. The number of hydrogen-bond donors (Lipinski definition) is 2. The van der Waals surface area contributed by atoms with Crippen molar-refractivity contribution >= 4 is 17.7 Å². The molecule has 0 spiro atoms. The summed E-state index contributed by atoms with van der Waals surface area (Å²) >= 11 is 1.94. The largest absolute Gasteiger partial charge is 0.352 e. The van der Waals surface area contributed by atoms with Crippen LogP contribution in [0.2, 0.25) is 0 Å². The lowest BCUT2D eigenvalue weighted by molar-refractivity contribution is -0.120. The SMILES string of the molecule is CSC1CCC(NC(=O)CN)CC1. The van der Waals surface area contributed by atoms with E-state index in [1.165, 1.54) is 12.8 Å². The molecule has 0 aliphatic heterocycles. The van der Waals surface area contributed by atoms with Gasteiger partial charge in [0, 0.05) is 11.3 Å². The predicted molar refractivity (Wildman–Crippen MR) is 56.8 cm³/mol. The fraction of sp³-hybridized carbons (Fsp3) is 0.889. The molecule has 0 bridgehead atoms. The summed E-state index contributed by atoms with van der Waals surface area (Å²) in [4.78, 5) is 11.0. The summed E-state index contributed by atoms with van der Waals surface area (Å²) in [6, 6.07) is 0.374. The first-order valence-corrected chi connectivity index (χ1v) is 6.07. The molecule has 13 heavy (non-hydrogen) atoms. The summed E-state index contributed by atoms with van der Waals surface area (Å²) < 4.78 is 0. The monoisotopic (exact) mass is 202 g/mol. The molecule has 1 saturated carbocycles. The van der Waals surface area contributed by atoms with E-state index >= 15 is 0 Å². The summed E-state index contributed by atoms with van der Waals surface area (Å²) in [6.07, 6.45) is 6.81. The average molecular weight is 202 g/mol. The molecule has 1 aliphatic rings. The van der Waals surface area contributed by atoms with E-state index in [-0.39, 0.29) is 12.5 Å². The van der Waals surface area contributed by atoms with Gasteiger partial charge in [0.1, 0.15) is 0 Å². The highest BCUT2D eigenvalue weighted by Crippen LogP contribution is 2.26. The third kappa shape index (κ3) is 3.56. The molecule has 1 aliphatic carbocycles. The quantitative estimate of drug-likeness (QED) is 0.709. The van der Waals surface area contributed by atoms with E-state index < -0.39 is 0 Å². The van der Waals surface area contributed by atoms with Gasteiger partial charge in [0.15, 0.2) is 0 Å². The third-order valence-corrected chi connectivity index (χ3v) is 3.70. The number of rotatable bonds is 3. The summed E-state index contributed by atoms with van der Waals surface area (Å²) in [5.74, 6) is -0.0207. The van der Waals surface area contributed by atoms with Crippen molar-refractivity contribution in [1.29, 1.82) is 0 Å². The lowest BCUT2D eigenvalue weighted by atomic mass is 9.95. The van der Waals surface area contributed by atoms with Crippen LogP contribution in [-0.2, 0) is 4.79 Å². The third-order valence-electron chi connectivity index (χ3n) is 2.56. The van der Waals surface area contributed by atoms with E-state index in [4.69, 9.17) is 5.73 Å². The Morgan fingerprint density at radius 2 is 2.08 bits per heavy atom. The Hall–Kier alpha value is -0.220. The van der Waals surface area contributed by atoms with Gasteiger partial charge in [-0.3, -0.25) is 4.79 Å². The summed E-state index contributed by atoms with van der Waals surface area (Å²) in [7, 11) is 0. The van der Waals surface area contributed by atoms with Crippen LogP contribution in [0.25, 0.3) is 0 Å². The average Bonchev–Trinajstić information content (AvgIpc) is 2.19. The number of thioether (sulfide) groups is 1. The van der Waals surface area contributed by atoms with Crippen LogP contribution in [0, 0.1) is 0 Å². The van der Waals surface area contributed by atoms with Crippen LogP contribution < -0.4 is 11.1 Å². The molecule has 0 saturated heterocycles. The normalized spacial score (nSPS) is 28.5. The first-order valence-electron chi connectivity index (χ1n) is 4.78. The van der Waals surface area contributed by atoms with Gasteiger partial charge in [-0.25, -0.2) is 0 Å². The van der Waals surface area contributed by atoms with Crippen molar-refractivity contribution in [2.24, 2.45) is 5.73 Å². The van der Waals surface area contributed by atoms with Gasteiger partial charge in [0.05, 0.1) is 6.54 Å². The number of nitrogens with two attached hydrogens (primary N) is 1. The van der Waals surface area contributed by atoms with Crippen molar-refractivity contribution in [1.82, 2.24) is 5.32 Å². The molecule has 76 valence electrons. The molecule has 1 amide bonds. The topological polar surface area (TPSA) is 55.1 Å². The van der Waals surface area contributed by atoms with Crippen molar-refractivity contribution < 1.29 is 4.79 Å². The van der Waals surface area contributed by atoms with Crippen molar-refractivity contribution in [3.05, 3.63) is 0 Å². The minimum absolute atomic E-state index is 0.0207. The zero-order valence-electron chi connectivity index (χ0n) is 8.08. The summed E-state index contributed by atoms with van der Waals surface area (Å²) in [5.41, 5.74) is 5.23. The molecule has 0 radical (unpaired) electrons. The maximum Gasteiger partial charge on any atom is 0.233 e. The van der Waals surface area contributed by atoms with Gasteiger partial charge in [0.2, 0.25) is 5.91 Å². The van der Waals surface area contributed by atoms with Gasteiger partial charge >= 0.3 is 0 Å². The van der Waals surface area contributed by atoms with Gasteiger partial charge < -0.3 is 11.1 Å². The number of carbonyl (C=O) groups excluding carboxylic acids is 1. The number of nitrogens with one attached hydrogen (secondary N) is 1. The van der Waals surface area contributed by atoms with Gasteiger partial charge in [-0.1, -0.05) is 0 Å². The minimum Gasteiger partial charge on any atom is -0.352 e. The second-order valence-electron chi connectivity index (χ2n) is 3.48. The van der Waals surface area contributed by atoms with Crippen LogP contribution in [0.15, 0.2) is 0 Å². The zero-order valence-corrected chi connectivity index (χ0v) is 8.90. The molecule has 0 heterocycles. The van der Waals surface area contributed by atoms with Crippen molar-refractivity contribution in [2.45, 2.75) is 37.0 Å². The Morgan fingerprint density at radius 3 is 2.54 bits per heavy atom. The Labute approximate surface area is 83.8 Å². The van der Waals surface area contributed by atoms with E-state index in [9.17, 15) is 4.79 Å². The molecule has 0 aromatic heterocycles. The predicted octanol–water partition coefficient (Wildman–Crippen LogP) is 0.735. The van der Waals surface area contributed by atoms with E-state index in [2.05, 4.69) is 11.6 Å². The molecule has 4 heteroatoms. The number of hydrogen-bond acceptors (Lipinski definition) is 3. The van der Waals surface area contributed by atoms with Gasteiger partial charge in [0.25, 0.3) is 0 Å². The van der Waals surface area contributed by atoms with Crippen LogP contribution >= 0.6 is 11.8 Å². The fourth-order valence-corrected chi connectivity index (χ4v) is 2.47. The number of amides is 1. The molecule has 0 aromatic carbocycles. The fourth-order valence-electron chi connectivity index (χ4n) is 1.73. The molecule has 0 unspecified atom stereocenters. The maximum absolute atomic E-state index is 11.0. The second kappa shape index (κ2) is 5.50. The smallest absolute Gasteiger partial charge is 0.233 e. The van der Waals surface area contributed by atoms with Crippen molar-refractivity contribution in [2.75, 3.05) is 12.8 Å². The van der Waals surface area contributed by atoms with Gasteiger partial charge in [-0.05, 0) is 31.9 Å². The van der Waals surface area contributed by atoms with Crippen LogP contribution in [-0.4, -0.2) is 30.0 Å². The Morgan fingerprint density at radius 1 is 1.46 bits per heavy atom. The van der Waals surface area contributed by atoms with E-state index in [0.29, 0.717) is 6.04 Å². The summed E-state index contributed by atoms with van der Waals surface area (Å²) in [6.45, 7) is 0.114. The summed E-state index contributed by atoms with van der Waals surface area (Å²) in [5, 5.41) is 3.74. The van der Waals surface area contributed by atoms with Crippen molar-refractivity contribution in [3.63, 3.8) is 0 Å². The first kappa shape index (κ1) is 10.9. The van der Waals surface area contributed by atoms with Gasteiger partial charge in [-0.2, -0.15) is 11.8 Å². The molecule has 1 rings (SSSR count). The van der Waals surface area contributed by atoms with Crippen LogP contribution in [0.3, 0.4) is 0 Å². The minimum atomic E-state index is -0.0207. The highest BCUT2D eigenvalue weighted by atomic mass is 32.2. The molecule has 3 N–H and O–H groups in total. The Balaban J connectivity index is 2.21. The molecule has 0 aromatic rings. The van der Waals surface area contributed by atoms with E-state index in [1.807, 2.05) is 11.8 Å². The van der Waals surface area contributed by atoms with Crippen LogP contribution in [0.4, 0.5) is 0 Å². The van der Waals surface area contributed by atoms with Crippen LogP contribution in [0.5, 0.6) is 0 Å². The zero-order chi connectivity index (χ0) is 9.68. The molecular weight excluding hydrogens is 184 g/mol.